The van der Waals surface area contributed by atoms with Gasteiger partial charge < -0.3 is 10.1 Å². The van der Waals surface area contributed by atoms with Crippen molar-refractivity contribution in [3.05, 3.63) is 27.5 Å². The first-order valence-electron chi connectivity index (χ1n) is 7.15. The van der Waals surface area contributed by atoms with Gasteiger partial charge in [-0.1, -0.05) is 36.0 Å². The van der Waals surface area contributed by atoms with Crippen LogP contribution in [0.15, 0.2) is 6.20 Å². The zero-order chi connectivity index (χ0) is 16.3. The number of halogens is 2. The Morgan fingerprint density at radius 3 is 2.64 bits per heavy atom. The Morgan fingerprint density at radius 1 is 1.27 bits per heavy atom. The Labute approximate surface area is 139 Å². The van der Waals surface area contributed by atoms with Crippen molar-refractivity contribution in [1.82, 2.24) is 10.3 Å². The van der Waals surface area contributed by atoms with Crippen LogP contribution in [0.2, 0.25) is 10.0 Å². The van der Waals surface area contributed by atoms with Gasteiger partial charge in [0.15, 0.2) is 0 Å². The molecule has 0 spiro atoms. The fourth-order valence-corrected chi connectivity index (χ4v) is 3.12. The zero-order valence-electron chi connectivity index (χ0n) is 12.5. The molecule has 22 heavy (non-hydrogen) atoms. The summed E-state index contributed by atoms with van der Waals surface area (Å²) < 4.78 is 4.82. The van der Waals surface area contributed by atoms with Gasteiger partial charge >= 0.3 is 5.97 Å². The maximum absolute atomic E-state index is 12.4. The van der Waals surface area contributed by atoms with Crippen molar-refractivity contribution in [3.63, 3.8) is 0 Å². The minimum atomic E-state index is -0.375. The zero-order valence-corrected chi connectivity index (χ0v) is 14.0. The number of aromatic nitrogens is 1. The van der Waals surface area contributed by atoms with E-state index in [-0.39, 0.29) is 39.4 Å². The summed E-state index contributed by atoms with van der Waals surface area (Å²) in [5, 5.41) is 3.31. The Morgan fingerprint density at radius 2 is 1.95 bits per heavy atom. The van der Waals surface area contributed by atoms with Gasteiger partial charge in [0.1, 0.15) is 0 Å². The van der Waals surface area contributed by atoms with Crippen LogP contribution in [0.25, 0.3) is 0 Å². The number of ether oxygens (including phenoxy) is 1. The molecule has 0 aromatic carbocycles. The summed E-state index contributed by atoms with van der Waals surface area (Å²) in [4.78, 5) is 28.3. The van der Waals surface area contributed by atoms with E-state index in [1.807, 2.05) is 0 Å². The predicted molar refractivity (Wildman–Crippen MR) is 84.2 cm³/mol. The second kappa shape index (κ2) is 7.29. The molecular formula is C15H18Cl2N2O3. The molecule has 2 atom stereocenters. The third kappa shape index (κ3) is 3.52. The average molecular weight is 345 g/mol. The number of esters is 1. The molecule has 2 unspecified atom stereocenters. The summed E-state index contributed by atoms with van der Waals surface area (Å²) in [7, 11) is 1.36. The van der Waals surface area contributed by atoms with Crippen LogP contribution in [0.4, 0.5) is 0 Å². The van der Waals surface area contributed by atoms with Gasteiger partial charge in [-0.15, -0.1) is 0 Å². The number of methoxy groups -OCH3 is 1. The molecule has 0 aliphatic heterocycles. The first-order chi connectivity index (χ1) is 10.5. The second-order valence-corrected chi connectivity index (χ2v) is 6.14. The SMILES string of the molecule is COC(=O)C1CCCCC1NC(=O)c1cnc(C)c(Cl)c1Cl. The third-order valence-corrected chi connectivity index (χ3v) is 4.92. The molecule has 1 aromatic rings. The number of carbonyl (C=O) groups excluding carboxylic acids is 2. The number of aryl methyl sites for hydroxylation is 1. The van der Waals surface area contributed by atoms with Gasteiger partial charge in [0, 0.05) is 12.2 Å². The molecule has 1 fully saturated rings. The van der Waals surface area contributed by atoms with Crippen molar-refractivity contribution in [1.29, 1.82) is 0 Å². The number of nitrogens with one attached hydrogen (secondary N) is 1. The lowest BCUT2D eigenvalue weighted by molar-refractivity contribution is -0.147. The Balaban J connectivity index is 2.17. The van der Waals surface area contributed by atoms with E-state index < -0.39 is 0 Å². The van der Waals surface area contributed by atoms with Crippen LogP contribution in [0.3, 0.4) is 0 Å². The largest absolute Gasteiger partial charge is 0.469 e. The maximum atomic E-state index is 12.4. The monoisotopic (exact) mass is 344 g/mol. The van der Waals surface area contributed by atoms with Gasteiger partial charge in [-0.25, -0.2) is 0 Å². The Hall–Kier alpha value is -1.33. The number of carbonyl (C=O) groups is 2. The van der Waals surface area contributed by atoms with Gasteiger partial charge in [0.2, 0.25) is 0 Å². The Bertz CT molecular complexity index is 592. The molecule has 7 heteroatoms. The minimum Gasteiger partial charge on any atom is -0.469 e. The van der Waals surface area contributed by atoms with Crippen molar-refractivity contribution in [2.24, 2.45) is 5.92 Å². The van der Waals surface area contributed by atoms with Crippen LogP contribution in [-0.2, 0) is 9.53 Å². The molecule has 0 saturated heterocycles. The lowest BCUT2D eigenvalue weighted by Crippen LogP contribution is -2.45. The van der Waals surface area contributed by atoms with E-state index in [2.05, 4.69) is 10.3 Å². The van der Waals surface area contributed by atoms with E-state index in [1.54, 1.807) is 6.92 Å². The molecule has 1 aliphatic carbocycles. The first kappa shape index (κ1) is 17.0. The van der Waals surface area contributed by atoms with Crippen LogP contribution in [0.5, 0.6) is 0 Å². The van der Waals surface area contributed by atoms with Crippen molar-refractivity contribution in [2.75, 3.05) is 7.11 Å². The van der Waals surface area contributed by atoms with E-state index in [9.17, 15) is 9.59 Å². The number of nitrogens with zero attached hydrogens (tertiary/aromatic N) is 1. The van der Waals surface area contributed by atoms with Crippen LogP contribution < -0.4 is 5.32 Å². The summed E-state index contributed by atoms with van der Waals surface area (Å²) in [5.74, 6) is -0.994. The number of hydrogen-bond donors (Lipinski definition) is 1. The lowest BCUT2D eigenvalue weighted by Gasteiger charge is -2.30. The van der Waals surface area contributed by atoms with Crippen LogP contribution in [0, 0.1) is 12.8 Å². The number of rotatable bonds is 3. The van der Waals surface area contributed by atoms with E-state index in [0.717, 1.165) is 19.3 Å². The summed E-state index contributed by atoms with van der Waals surface area (Å²) in [5.41, 5.74) is 0.778. The van der Waals surface area contributed by atoms with Crippen molar-refractivity contribution < 1.29 is 14.3 Å². The molecule has 120 valence electrons. The molecule has 0 bridgehead atoms. The molecule has 1 saturated carbocycles. The Kier molecular flexibility index (Phi) is 5.64. The minimum absolute atomic E-state index is 0.178. The maximum Gasteiger partial charge on any atom is 0.310 e. The summed E-state index contributed by atoms with van der Waals surface area (Å²) in [6.07, 6.45) is 4.74. The molecule has 0 radical (unpaired) electrons. The van der Waals surface area contributed by atoms with Gasteiger partial charge in [0.25, 0.3) is 5.91 Å². The number of hydrogen-bond acceptors (Lipinski definition) is 4. The van der Waals surface area contributed by atoms with Crippen LogP contribution in [-0.4, -0.2) is 30.0 Å². The lowest BCUT2D eigenvalue weighted by atomic mass is 9.84. The van der Waals surface area contributed by atoms with E-state index >= 15 is 0 Å². The fraction of sp³-hybridized carbons (Fsp3) is 0.533. The highest BCUT2D eigenvalue weighted by Gasteiger charge is 2.33. The van der Waals surface area contributed by atoms with Crippen LogP contribution in [0.1, 0.15) is 41.7 Å². The van der Waals surface area contributed by atoms with Gasteiger partial charge in [-0.3, -0.25) is 14.6 Å². The molecule has 1 heterocycles. The topological polar surface area (TPSA) is 68.3 Å². The highest BCUT2D eigenvalue weighted by molar-refractivity contribution is 6.44. The van der Waals surface area contributed by atoms with Crippen molar-refractivity contribution >= 4 is 35.1 Å². The third-order valence-electron chi connectivity index (χ3n) is 3.97. The number of amides is 1. The molecule has 2 rings (SSSR count). The second-order valence-electron chi connectivity index (χ2n) is 5.38. The molecule has 1 amide bonds. The highest BCUT2D eigenvalue weighted by Crippen LogP contribution is 2.29. The van der Waals surface area contributed by atoms with Gasteiger partial charge in [-0.2, -0.15) is 0 Å². The van der Waals surface area contributed by atoms with E-state index in [0.29, 0.717) is 12.1 Å². The fourth-order valence-electron chi connectivity index (χ4n) is 2.69. The van der Waals surface area contributed by atoms with E-state index in [1.165, 1.54) is 13.3 Å². The van der Waals surface area contributed by atoms with Gasteiger partial charge in [0.05, 0.1) is 34.3 Å². The van der Waals surface area contributed by atoms with Gasteiger partial charge in [-0.05, 0) is 19.8 Å². The van der Waals surface area contributed by atoms with Crippen molar-refractivity contribution in [2.45, 2.75) is 38.6 Å². The highest BCUT2D eigenvalue weighted by atomic mass is 35.5. The summed E-state index contributed by atoms with van der Waals surface area (Å²) in [6, 6.07) is -0.259. The molecular weight excluding hydrogens is 327 g/mol. The van der Waals surface area contributed by atoms with Crippen molar-refractivity contribution in [3.8, 4) is 0 Å². The van der Waals surface area contributed by atoms with E-state index in [4.69, 9.17) is 27.9 Å². The molecule has 1 aliphatic rings. The first-order valence-corrected chi connectivity index (χ1v) is 7.90. The normalized spacial score (nSPS) is 21.3. The average Bonchev–Trinajstić information content (AvgIpc) is 2.52. The van der Waals surface area contributed by atoms with Crippen LogP contribution >= 0.6 is 23.2 Å². The summed E-state index contributed by atoms with van der Waals surface area (Å²) >= 11 is 12.1. The molecule has 1 N–H and O–H groups in total. The molecule has 1 aromatic heterocycles. The molecule has 5 nitrogen and oxygen atoms in total. The summed E-state index contributed by atoms with van der Waals surface area (Å²) in [6.45, 7) is 1.71. The quantitative estimate of drug-likeness (QED) is 0.855. The predicted octanol–water partition coefficient (Wildman–Crippen LogP) is 3.16. The standard InChI is InChI=1S/C15H18Cl2N2O3/c1-8-12(16)13(17)10(7-18-8)14(20)19-11-6-4-3-5-9(11)15(21)22-2/h7,9,11H,3-6H2,1-2H3,(H,19,20). The smallest absolute Gasteiger partial charge is 0.310 e. The number of pyridine rings is 1.